The van der Waals surface area contributed by atoms with Gasteiger partial charge in [0.25, 0.3) is 17.5 Å². The lowest BCUT2D eigenvalue weighted by Gasteiger charge is -2.33. The predicted octanol–water partition coefficient (Wildman–Crippen LogP) is 8.27. The molecule has 16 nitrogen and oxygen atoms in total. The highest BCUT2D eigenvalue weighted by Gasteiger charge is 2.39. The topological polar surface area (TPSA) is 190 Å². The van der Waals surface area contributed by atoms with Gasteiger partial charge in [-0.3, -0.25) is 34.3 Å². The molecule has 1 unspecified atom stereocenters. The summed E-state index contributed by atoms with van der Waals surface area (Å²) in [5, 5.41) is 20.0. The van der Waals surface area contributed by atoms with Crippen LogP contribution in [0.3, 0.4) is 0 Å². The van der Waals surface area contributed by atoms with E-state index in [9.17, 15) is 34.1 Å². The Balaban J connectivity index is 1.34. The van der Waals surface area contributed by atoms with Crippen LogP contribution in [-0.4, -0.2) is 77.3 Å². The van der Waals surface area contributed by atoms with Crippen molar-refractivity contribution in [3.8, 4) is 17.2 Å². The van der Waals surface area contributed by atoms with Crippen LogP contribution in [0.5, 0.6) is 17.2 Å². The summed E-state index contributed by atoms with van der Waals surface area (Å²) in [5.41, 5.74) is 1.74. The Morgan fingerprint density at radius 3 is 2.31 bits per heavy atom. The summed E-state index contributed by atoms with van der Waals surface area (Å²) >= 11 is 6.49. The maximum atomic E-state index is 14.1. The number of non-ortho nitro benzene ring substituents is 1. The summed E-state index contributed by atoms with van der Waals surface area (Å²) in [6, 6.07) is 20.1. The molecule has 4 aromatic rings. The van der Waals surface area contributed by atoms with Gasteiger partial charge in [-0.05, 0) is 87.4 Å². The number of nitro benzene ring substituents is 1. The highest BCUT2D eigenvalue weighted by atomic mass is 35.5. The minimum Gasteiger partial charge on any atom is -0.497 e. The van der Waals surface area contributed by atoms with Gasteiger partial charge in [0, 0.05) is 54.7 Å². The molecule has 328 valence electrons. The van der Waals surface area contributed by atoms with Crippen molar-refractivity contribution in [2.75, 3.05) is 42.4 Å². The number of nitrogens with one attached hydrogen (secondary N) is 2. The normalized spacial score (nSPS) is 13.0. The number of nitro groups is 1. The zero-order chi connectivity index (χ0) is 45.3. The molecular weight excluding hydrogens is 820 g/mol. The number of anilines is 3. The standard InChI is InChI=1S/C45H51ClN6O10/c1-8-49(44(57)51-40(54)21-22-50(51)32-13-16-34(60-7)17-14-32)27-30-25-33(52(58)59)15-20-38(30)62-41(42(55)45(4,5)6)43(56)48-36-26-31(12-18-35(36)46)47-39(53)10-9-23-61-37-19-11-28(2)24-29(37)3/h11-20,24-26,41H,8-10,21-23,27H2,1-7H3,(H,47,53)(H,48,56). The molecule has 62 heavy (non-hydrogen) atoms. The molecule has 1 atom stereocenters. The third-order valence-corrected chi connectivity index (χ3v) is 10.3. The van der Waals surface area contributed by atoms with E-state index in [4.69, 9.17) is 25.8 Å². The highest BCUT2D eigenvalue weighted by Crippen LogP contribution is 2.32. The van der Waals surface area contributed by atoms with Crippen molar-refractivity contribution in [3.63, 3.8) is 0 Å². The Hall–Kier alpha value is -6.68. The van der Waals surface area contributed by atoms with Crippen molar-refractivity contribution in [1.82, 2.24) is 9.91 Å². The molecule has 1 aliphatic heterocycles. The number of amides is 5. The number of Topliss-reactive ketones (excluding diaryl/α,β-unsaturated/α-hetero) is 1. The van der Waals surface area contributed by atoms with E-state index in [1.165, 1.54) is 41.3 Å². The zero-order valence-electron chi connectivity index (χ0n) is 35.8. The lowest BCUT2D eigenvalue weighted by Crippen LogP contribution is -2.50. The van der Waals surface area contributed by atoms with Gasteiger partial charge in [0.1, 0.15) is 17.2 Å². The molecule has 0 aliphatic carbocycles. The van der Waals surface area contributed by atoms with Crippen molar-refractivity contribution in [2.24, 2.45) is 5.41 Å². The average Bonchev–Trinajstić information content (AvgIpc) is 3.62. The van der Waals surface area contributed by atoms with Crippen molar-refractivity contribution in [2.45, 2.75) is 73.5 Å². The molecule has 0 aromatic heterocycles. The second-order valence-electron chi connectivity index (χ2n) is 15.7. The lowest BCUT2D eigenvalue weighted by atomic mass is 9.87. The first-order chi connectivity index (χ1) is 29.4. The second-order valence-corrected chi connectivity index (χ2v) is 16.1. The smallest absolute Gasteiger partial charge is 0.346 e. The van der Waals surface area contributed by atoms with Gasteiger partial charge in [-0.1, -0.05) is 50.1 Å². The Morgan fingerprint density at radius 1 is 0.952 bits per heavy atom. The van der Waals surface area contributed by atoms with Crippen LogP contribution in [0.15, 0.2) is 78.9 Å². The van der Waals surface area contributed by atoms with Crippen LogP contribution >= 0.6 is 11.6 Å². The average molecular weight is 871 g/mol. The van der Waals surface area contributed by atoms with E-state index in [1.54, 1.807) is 58.0 Å². The first-order valence-corrected chi connectivity index (χ1v) is 20.4. The number of methoxy groups -OCH3 is 1. The number of hydrogen-bond acceptors (Lipinski definition) is 11. The Kier molecular flexibility index (Phi) is 15.2. The molecule has 1 heterocycles. The molecule has 1 aliphatic rings. The molecule has 0 bridgehead atoms. The maximum absolute atomic E-state index is 14.1. The first kappa shape index (κ1) is 46.4. The molecule has 0 spiro atoms. The molecule has 5 rings (SSSR count). The number of hydrogen-bond donors (Lipinski definition) is 2. The van der Waals surface area contributed by atoms with Gasteiger partial charge in [-0.25, -0.2) is 4.79 Å². The number of imide groups is 1. The van der Waals surface area contributed by atoms with E-state index in [0.29, 0.717) is 30.2 Å². The number of nitrogens with zero attached hydrogens (tertiary/aromatic N) is 4. The van der Waals surface area contributed by atoms with Gasteiger partial charge >= 0.3 is 6.03 Å². The van der Waals surface area contributed by atoms with Crippen molar-refractivity contribution < 1.29 is 43.1 Å². The number of aryl methyl sites for hydroxylation is 2. The van der Waals surface area contributed by atoms with Crippen LogP contribution in [0.1, 0.15) is 63.6 Å². The maximum Gasteiger partial charge on any atom is 0.346 e. The van der Waals surface area contributed by atoms with Crippen LogP contribution in [0.4, 0.5) is 27.5 Å². The number of urea groups is 1. The molecule has 1 fully saturated rings. The van der Waals surface area contributed by atoms with Crippen LogP contribution in [0.25, 0.3) is 0 Å². The number of carbonyl (C=O) groups excluding carboxylic acids is 5. The number of carbonyl (C=O) groups is 5. The van der Waals surface area contributed by atoms with Crippen molar-refractivity contribution in [1.29, 1.82) is 0 Å². The summed E-state index contributed by atoms with van der Waals surface area (Å²) in [6.45, 7) is 10.8. The summed E-state index contributed by atoms with van der Waals surface area (Å²) < 4.78 is 17.2. The Morgan fingerprint density at radius 2 is 1.66 bits per heavy atom. The number of halogens is 1. The van der Waals surface area contributed by atoms with Gasteiger partial charge in [0.2, 0.25) is 12.0 Å². The summed E-state index contributed by atoms with van der Waals surface area (Å²) in [6.07, 6.45) is -1.15. The number of hydrazine groups is 1. The molecule has 5 amide bonds. The molecular formula is C45H51ClN6O10. The minimum absolute atomic E-state index is 0.0651. The zero-order valence-corrected chi connectivity index (χ0v) is 36.5. The summed E-state index contributed by atoms with van der Waals surface area (Å²) in [4.78, 5) is 80.7. The highest BCUT2D eigenvalue weighted by molar-refractivity contribution is 6.34. The quantitative estimate of drug-likeness (QED) is 0.0450. The SMILES string of the molecule is CCN(Cc1cc([N+](=O)[O-])ccc1OC(C(=O)Nc1cc(NC(=O)CCCOc2ccc(C)cc2C)ccc1Cl)C(=O)C(C)(C)C)C(=O)N1C(=O)CCN1c1ccc(OC)cc1. The van der Waals surface area contributed by atoms with E-state index < -0.39 is 40.1 Å². The molecule has 0 saturated carbocycles. The van der Waals surface area contributed by atoms with E-state index >= 15 is 0 Å². The Bertz CT molecular complexity index is 2330. The van der Waals surface area contributed by atoms with E-state index in [0.717, 1.165) is 28.0 Å². The van der Waals surface area contributed by atoms with Crippen LogP contribution in [0.2, 0.25) is 5.02 Å². The predicted molar refractivity (Wildman–Crippen MR) is 235 cm³/mol. The summed E-state index contributed by atoms with van der Waals surface area (Å²) in [5.74, 6) is -1.05. The number of rotatable bonds is 17. The third kappa shape index (κ3) is 11.6. The van der Waals surface area contributed by atoms with Crippen LogP contribution < -0.4 is 29.9 Å². The summed E-state index contributed by atoms with van der Waals surface area (Å²) in [7, 11) is 1.52. The fraction of sp³-hybridized carbons (Fsp3) is 0.356. The van der Waals surface area contributed by atoms with Crippen LogP contribution in [-0.2, 0) is 25.7 Å². The van der Waals surface area contributed by atoms with E-state index in [-0.39, 0.29) is 66.1 Å². The van der Waals surface area contributed by atoms with Gasteiger partial charge in [-0.2, -0.15) is 5.01 Å². The monoisotopic (exact) mass is 870 g/mol. The Labute approximate surface area is 365 Å². The van der Waals surface area contributed by atoms with Gasteiger partial charge in [-0.15, -0.1) is 0 Å². The van der Waals surface area contributed by atoms with Gasteiger partial charge in [0.15, 0.2) is 5.78 Å². The second kappa shape index (κ2) is 20.3. The van der Waals surface area contributed by atoms with E-state index in [2.05, 4.69) is 10.6 Å². The van der Waals surface area contributed by atoms with Gasteiger partial charge in [0.05, 0.1) is 41.6 Å². The molecule has 4 aromatic carbocycles. The van der Waals surface area contributed by atoms with Crippen molar-refractivity contribution >= 4 is 63.9 Å². The largest absolute Gasteiger partial charge is 0.497 e. The number of ketones is 1. The minimum atomic E-state index is -1.81. The lowest BCUT2D eigenvalue weighted by molar-refractivity contribution is -0.385. The fourth-order valence-corrected chi connectivity index (χ4v) is 6.73. The molecule has 0 radical (unpaired) electrons. The van der Waals surface area contributed by atoms with Gasteiger partial charge < -0.3 is 29.7 Å². The van der Waals surface area contributed by atoms with Crippen LogP contribution in [0, 0.1) is 29.4 Å². The third-order valence-electron chi connectivity index (χ3n) is 9.94. The first-order valence-electron chi connectivity index (χ1n) is 20.0. The number of benzene rings is 4. The number of ether oxygens (including phenoxy) is 3. The van der Waals surface area contributed by atoms with Crippen molar-refractivity contribution in [3.05, 3.63) is 111 Å². The van der Waals surface area contributed by atoms with E-state index in [1.807, 2.05) is 32.0 Å². The fourth-order valence-electron chi connectivity index (χ4n) is 6.57. The molecule has 1 saturated heterocycles. The molecule has 2 N–H and O–H groups in total. The molecule has 17 heteroatoms.